The van der Waals surface area contributed by atoms with E-state index in [0.29, 0.717) is 12.0 Å². The quantitative estimate of drug-likeness (QED) is 0.820. The largest absolute Gasteiger partial charge is 0.508 e. The molecule has 2 aromatic rings. The number of benzene rings is 2. The summed E-state index contributed by atoms with van der Waals surface area (Å²) in [6.07, 6.45) is 2.07. The fraction of sp³-hybridized carbons (Fsp3) is 0.0625. The number of carbonyl (C=O) groups is 1. The lowest BCUT2D eigenvalue weighted by atomic mass is 9.87. The summed E-state index contributed by atoms with van der Waals surface area (Å²) in [4.78, 5) is 12.1. The molecule has 0 radical (unpaired) electrons. The molecule has 94 valence electrons. The van der Waals surface area contributed by atoms with Crippen LogP contribution in [0, 0.1) is 0 Å². The van der Waals surface area contributed by atoms with E-state index in [9.17, 15) is 15.0 Å². The Morgan fingerprint density at radius 3 is 2.47 bits per heavy atom. The summed E-state index contributed by atoms with van der Waals surface area (Å²) in [5.41, 5.74) is 2.81. The predicted molar refractivity (Wildman–Crippen MR) is 72.2 cm³/mol. The molecule has 0 aliphatic heterocycles. The zero-order valence-corrected chi connectivity index (χ0v) is 10.1. The van der Waals surface area contributed by atoms with Gasteiger partial charge in [-0.25, -0.2) is 0 Å². The van der Waals surface area contributed by atoms with E-state index in [2.05, 4.69) is 0 Å². The van der Waals surface area contributed by atoms with Gasteiger partial charge in [0, 0.05) is 6.07 Å². The Hall–Kier alpha value is -2.55. The summed E-state index contributed by atoms with van der Waals surface area (Å²) in [6.45, 7) is 0. The van der Waals surface area contributed by atoms with Crippen LogP contribution >= 0.6 is 0 Å². The number of hydrogen-bond donors (Lipinski definition) is 2. The summed E-state index contributed by atoms with van der Waals surface area (Å²) >= 11 is 0. The smallest absolute Gasteiger partial charge is 0.190 e. The van der Waals surface area contributed by atoms with Gasteiger partial charge in [0.25, 0.3) is 0 Å². The van der Waals surface area contributed by atoms with Crippen LogP contribution in [-0.4, -0.2) is 16.0 Å². The lowest BCUT2D eigenvalue weighted by Crippen LogP contribution is -2.09. The minimum Gasteiger partial charge on any atom is -0.508 e. The standard InChI is InChI=1S/C16H12O3/c17-13-7-12-6-11(10-4-2-1-3-5-10)8-14(18)16(12)15(19)9-13/h1-5,7-9,17,19H,6H2. The van der Waals surface area contributed by atoms with Gasteiger partial charge in [-0.1, -0.05) is 30.3 Å². The Morgan fingerprint density at radius 1 is 1.00 bits per heavy atom. The third-order valence-corrected chi connectivity index (χ3v) is 3.26. The van der Waals surface area contributed by atoms with E-state index in [4.69, 9.17) is 0 Å². The van der Waals surface area contributed by atoms with Gasteiger partial charge in [0.1, 0.15) is 11.5 Å². The minimum absolute atomic E-state index is 0.0293. The first kappa shape index (κ1) is 11.5. The first-order valence-electron chi connectivity index (χ1n) is 6.00. The van der Waals surface area contributed by atoms with Crippen LogP contribution in [0.25, 0.3) is 5.57 Å². The van der Waals surface area contributed by atoms with Crippen molar-refractivity contribution in [1.82, 2.24) is 0 Å². The highest BCUT2D eigenvalue weighted by Crippen LogP contribution is 2.35. The van der Waals surface area contributed by atoms with Crippen molar-refractivity contribution >= 4 is 11.4 Å². The monoisotopic (exact) mass is 252 g/mol. The average molecular weight is 252 g/mol. The highest BCUT2D eigenvalue weighted by atomic mass is 16.3. The van der Waals surface area contributed by atoms with E-state index >= 15 is 0 Å². The summed E-state index contributed by atoms with van der Waals surface area (Å²) in [6, 6.07) is 12.3. The fourth-order valence-corrected chi connectivity index (χ4v) is 2.42. The molecule has 0 saturated carbocycles. The number of phenolic OH excluding ortho intramolecular Hbond substituents is 2. The number of carbonyl (C=O) groups excluding carboxylic acids is 1. The Balaban J connectivity index is 2.10. The number of hydrogen-bond acceptors (Lipinski definition) is 3. The molecule has 0 unspecified atom stereocenters. The first-order chi connectivity index (χ1) is 9.15. The number of phenols is 2. The molecule has 0 heterocycles. The van der Waals surface area contributed by atoms with E-state index in [0.717, 1.165) is 11.1 Å². The SMILES string of the molecule is O=C1C=C(c2ccccc2)Cc2cc(O)cc(O)c21. The maximum atomic E-state index is 12.1. The van der Waals surface area contributed by atoms with Gasteiger partial charge in [0.15, 0.2) is 5.78 Å². The number of fused-ring (bicyclic) bond motifs is 1. The van der Waals surface area contributed by atoms with Crippen LogP contribution in [0.4, 0.5) is 0 Å². The van der Waals surface area contributed by atoms with Gasteiger partial charge in [-0.05, 0) is 35.3 Å². The van der Waals surface area contributed by atoms with Crippen LogP contribution in [-0.2, 0) is 6.42 Å². The van der Waals surface area contributed by atoms with Gasteiger partial charge >= 0.3 is 0 Å². The predicted octanol–water partition coefficient (Wildman–Crippen LogP) is 2.92. The van der Waals surface area contributed by atoms with Crippen LogP contribution in [0.2, 0.25) is 0 Å². The van der Waals surface area contributed by atoms with E-state index in [1.54, 1.807) is 6.08 Å². The summed E-state index contributed by atoms with van der Waals surface area (Å²) < 4.78 is 0. The lowest BCUT2D eigenvalue weighted by molar-refractivity contribution is 0.104. The maximum Gasteiger partial charge on any atom is 0.190 e. The minimum atomic E-state index is -0.224. The maximum absolute atomic E-state index is 12.1. The second kappa shape index (κ2) is 4.28. The lowest BCUT2D eigenvalue weighted by Gasteiger charge is -2.17. The molecule has 1 aliphatic carbocycles. The summed E-state index contributed by atoms with van der Waals surface area (Å²) in [5.74, 6) is -0.417. The van der Waals surface area contributed by atoms with Gasteiger partial charge in [0.05, 0.1) is 5.56 Å². The van der Waals surface area contributed by atoms with Gasteiger partial charge in [0.2, 0.25) is 0 Å². The third kappa shape index (κ3) is 1.99. The van der Waals surface area contributed by atoms with E-state index in [-0.39, 0.29) is 22.8 Å². The van der Waals surface area contributed by atoms with Crippen LogP contribution < -0.4 is 0 Å². The van der Waals surface area contributed by atoms with Gasteiger partial charge in [-0.2, -0.15) is 0 Å². The Morgan fingerprint density at radius 2 is 1.74 bits per heavy atom. The van der Waals surface area contributed by atoms with E-state index in [1.165, 1.54) is 12.1 Å². The molecule has 0 aromatic heterocycles. The molecule has 2 aromatic carbocycles. The molecule has 2 N–H and O–H groups in total. The zero-order valence-electron chi connectivity index (χ0n) is 10.1. The molecular formula is C16H12O3. The van der Waals surface area contributed by atoms with Crippen LogP contribution in [0.3, 0.4) is 0 Å². The van der Waals surface area contributed by atoms with Crippen LogP contribution in [0.5, 0.6) is 11.5 Å². The Labute approximate surface area is 110 Å². The molecule has 0 saturated heterocycles. The molecule has 0 spiro atoms. The van der Waals surface area contributed by atoms with Crippen molar-refractivity contribution in [3.8, 4) is 11.5 Å². The molecule has 3 nitrogen and oxygen atoms in total. The Bertz CT molecular complexity index is 685. The molecule has 0 atom stereocenters. The van der Waals surface area contributed by atoms with E-state index < -0.39 is 0 Å². The molecule has 0 amide bonds. The fourth-order valence-electron chi connectivity index (χ4n) is 2.42. The van der Waals surface area contributed by atoms with Gasteiger partial charge < -0.3 is 10.2 Å². The van der Waals surface area contributed by atoms with Crippen molar-refractivity contribution in [2.75, 3.05) is 0 Å². The summed E-state index contributed by atoms with van der Waals surface area (Å²) in [5, 5.41) is 19.3. The molecule has 0 fully saturated rings. The van der Waals surface area contributed by atoms with Crippen molar-refractivity contribution in [3.05, 3.63) is 65.2 Å². The van der Waals surface area contributed by atoms with Crippen molar-refractivity contribution in [3.63, 3.8) is 0 Å². The number of ketones is 1. The molecule has 3 heteroatoms. The van der Waals surface area contributed by atoms with Crippen LogP contribution in [0.1, 0.15) is 21.5 Å². The van der Waals surface area contributed by atoms with Gasteiger partial charge in [-0.3, -0.25) is 4.79 Å². The molecule has 0 bridgehead atoms. The number of rotatable bonds is 1. The van der Waals surface area contributed by atoms with Crippen LogP contribution in [0.15, 0.2) is 48.5 Å². The third-order valence-electron chi connectivity index (χ3n) is 3.26. The molecule has 19 heavy (non-hydrogen) atoms. The van der Waals surface area contributed by atoms with Crippen molar-refractivity contribution < 1.29 is 15.0 Å². The van der Waals surface area contributed by atoms with Crippen molar-refractivity contribution in [2.45, 2.75) is 6.42 Å². The Kier molecular flexibility index (Phi) is 2.60. The highest BCUT2D eigenvalue weighted by molar-refractivity contribution is 6.13. The van der Waals surface area contributed by atoms with Crippen molar-refractivity contribution in [1.29, 1.82) is 0 Å². The number of allylic oxidation sites excluding steroid dienone is 2. The van der Waals surface area contributed by atoms with E-state index in [1.807, 2.05) is 30.3 Å². The highest BCUT2D eigenvalue weighted by Gasteiger charge is 2.22. The zero-order chi connectivity index (χ0) is 13.4. The second-order valence-corrected chi connectivity index (χ2v) is 4.58. The number of aromatic hydroxyl groups is 2. The van der Waals surface area contributed by atoms with Crippen molar-refractivity contribution in [2.24, 2.45) is 0 Å². The normalized spacial score (nSPS) is 13.9. The molecule has 1 aliphatic rings. The molecule has 3 rings (SSSR count). The van der Waals surface area contributed by atoms with Gasteiger partial charge in [-0.15, -0.1) is 0 Å². The first-order valence-corrected chi connectivity index (χ1v) is 6.00. The topological polar surface area (TPSA) is 57.5 Å². The summed E-state index contributed by atoms with van der Waals surface area (Å²) in [7, 11) is 0. The second-order valence-electron chi connectivity index (χ2n) is 4.58. The average Bonchev–Trinajstić information content (AvgIpc) is 2.38. The molecular weight excluding hydrogens is 240 g/mol.